The van der Waals surface area contributed by atoms with Crippen LogP contribution in [-0.2, 0) is 14.8 Å². The molecule has 2 aromatic rings. The number of pyridine rings is 1. The van der Waals surface area contributed by atoms with E-state index in [9.17, 15) is 13.2 Å². The molecule has 3 heterocycles. The molecule has 1 aromatic heterocycles. The molecule has 2 aliphatic rings. The third kappa shape index (κ3) is 4.11. The normalized spacial score (nSPS) is 23.8. The van der Waals surface area contributed by atoms with Gasteiger partial charge in [-0.1, -0.05) is 30.2 Å². The number of sulfonamides is 1. The van der Waals surface area contributed by atoms with Crippen molar-refractivity contribution >= 4 is 38.2 Å². The Labute approximate surface area is 182 Å². The van der Waals surface area contributed by atoms with E-state index < -0.39 is 22.1 Å². The van der Waals surface area contributed by atoms with Crippen LogP contribution in [0.15, 0.2) is 35.5 Å². The predicted molar refractivity (Wildman–Crippen MR) is 117 cm³/mol. The van der Waals surface area contributed by atoms with Crippen LogP contribution in [0.5, 0.6) is 0 Å². The molecule has 162 valence electrons. The van der Waals surface area contributed by atoms with E-state index in [2.05, 4.69) is 9.88 Å². The number of hydrogen-bond donors (Lipinski definition) is 1. The minimum Gasteiger partial charge on any atom is -0.314 e. The van der Waals surface area contributed by atoms with Crippen LogP contribution >= 0.6 is 11.6 Å². The maximum atomic E-state index is 13.4. The van der Waals surface area contributed by atoms with Crippen LogP contribution in [0.1, 0.15) is 32.1 Å². The summed E-state index contributed by atoms with van der Waals surface area (Å²) in [5, 5.41) is 1.35. The van der Waals surface area contributed by atoms with E-state index in [1.807, 2.05) is 0 Å². The standard InChI is InChI=1S/C21H27ClN4O3S/c22-17-14-24-13-15-5-4-6-19(20(15)17)30(28,29)26-12-7-16(21(26)23)18(27)8-11-25-9-2-1-3-10-25/h4-6,13-14,16,21H,1-3,7-12,23H2/t16?,21-/m1/s1. The minimum absolute atomic E-state index is 0.0472. The second kappa shape index (κ2) is 8.88. The second-order valence-corrected chi connectivity index (χ2v) is 10.4. The van der Waals surface area contributed by atoms with Gasteiger partial charge in [0, 0.05) is 48.6 Å². The summed E-state index contributed by atoms with van der Waals surface area (Å²) < 4.78 is 28.1. The van der Waals surface area contributed by atoms with Gasteiger partial charge in [0.05, 0.1) is 16.1 Å². The molecule has 2 atom stereocenters. The van der Waals surface area contributed by atoms with Gasteiger partial charge in [-0.3, -0.25) is 9.78 Å². The number of hydrogen-bond acceptors (Lipinski definition) is 6. The first kappa shape index (κ1) is 21.6. The lowest BCUT2D eigenvalue weighted by Gasteiger charge is -2.27. The number of nitrogens with zero attached hydrogens (tertiary/aromatic N) is 3. The third-order valence-corrected chi connectivity index (χ3v) is 8.45. The first-order valence-electron chi connectivity index (χ1n) is 10.4. The highest BCUT2D eigenvalue weighted by Crippen LogP contribution is 2.34. The number of piperidine rings is 1. The number of nitrogens with two attached hydrogens (primary N) is 1. The molecule has 0 bridgehead atoms. The van der Waals surface area contributed by atoms with Crippen molar-refractivity contribution in [3.05, 3.63) is 35.6 Å². The van der Waals surface area contributed by atoms with Crippen LogP contribution in [0.25, 0.3) is 10.8 Å². The number of benzene rings is 1. The Hall–Kier alpha value is -1.58. The molecule has 4 rings (SSSR count). The van der Waals surface area contributed by atoms with Gasteiger partial charge >= 0.3 is 0 Å². The van der Waals surface area contributed by atoms with Crippen molar-refractivity contribution < 1.29 is 13.2 Å². The molecule has 2 fully saturated rings. The Morgan fingerprint density at radius 2 is 1.93 bits per heavy atom. The Bertz CT molecular complexity index is 1030. The molecule has 1 aromatic carbocycles. The molecule has 30 heavy (non-hydrogen) atoms. The molecule has 0 amide bonds. The summed E-state index contributed by atoms with van der Waals surface area (Å²) in [6.45, 7) is 3.01. The van der Waals surface area contributed by atoms with Gasteiger partial charge in [-0.15, -0.1) is 0 Å². The molecule has 1 unspecified atom stereocenters. The summed E-state index contributed by atoms with van der Waals surface area (Å²) in [5.74, 6) is -0.428. The van der Waals surface area contributed by atoms with Gasteiger partial charge in [0.15, 0.2) is 0 Å². The average Bonchev–Trinajstić information content (AvgIpc) is 3.15. The van der Waals surface area contributed by atoms with Gasteiger partial charge in [0.1, 0.15) is 5.78 Å². The summed E-state index contributed by atoms with van der Waals surface area (Å²) in [7, 11) is -3.91. The number of carbonyl (C=O) groups is 1. The van der Waals surface area contributed by atoms with Gasteiger partial charge in [0.2, 0.25) is 10.0 Å². The van der Waals surface area contributed by atoms with Gasteiger partial charge in [-0.05, 0) is 38.4 Å². The fourth-order valence-corrected chi connectivity index (χ4v) is 6.68. The van der Waals surface area contributed by atoms with Crippen molar-refractivity contribution in [2.24, 2.45) is 11.7 Å². The van der Waals surface area contributed by atoms with Crippen LogP contribution in [0.4, 0.5) is 0 Å². The minimum atomic E-state index is -3.91. The lowest BCUT2D eigenvalue weighted by molar-refractivity contribution is -0.123. The smallest absolute Gasteiger partial charge is 0.245 e. The number of likely N-dealkylation sites (tertiary alicyclic amines) is 1. The fourth-order valence-electron chi connectivity index (χ4n) is 4.56. The highest BCUT2D eigenvalue weighted by Gasteiger charge is 2.43. The zero-order chi connectivity index (χ0) is 21.3. The monoisotopic (exact) mass is 450 g/mol. The zero-order valence-electron chi connectivity index (χ0n) is 16.8. The van der Waals surface area contributed by atoms with E-state index in [0.717, 1.165) is 19.6 Å². The summed E-state index contributed by atoms with van der Waals surface area (Å²) in [6.07, 6.45) is 6.60. The van der Waals surface area contributed by atoms with E-state index >= 15 is 0 Å². The van der Waals surface area contributed by atoms with E-state index in [1.54, 1.807) is 18.3 Å². The molecule has 2 aliphatic heterocycles. The quantitative estimate of drug-likeness (QED) is 0.726. The molecule has 0 aliphatic carbocycles. The molecular weight excluding hydrogens is 424 g/mol. The third-order valence-electron chi connectivity index (χ3n) is 6.23. The molecular formula is C21H27ClN4O3S. The summed E-state index contributed by atoms with van der Waals surface area (Å²) in [4.78, 5) is 19.3. The molecule has 0 radical (unpaired) electrons. The van der Waals surface area contributed by atoms with Gasteiger partial charge < -0.3 is 10.6 Å². The number of Topliss-reactive ketones (excluding diaryl/α,β-unsaturated/α-hetero) is 1. The fraction of sp³-hybridized carbons (Fsp3) is 0.524. The predicted octanol–water partition coefficient (Wildman–Crippen LogP) is 2.63. The maximum absolute atomic E-state index is 13.4. The molecule has 0 spiro atoms. The van der Waals surface area contributed by atoms with Gasteiger partial charge in [0.25, 0.3) is 0 Å². The number of carbonyl (C=O) groups excluding carboxylic acids is 1. The lowest BCUT2D eigenvalue weighted by Crippen LogP contribution is -2.46. The highest BCUT2D eigenvalue weighted by atomic mass is 35.5. The Balaban J connectivity index is 1.52. The number of halogens is 1. The van der Waals surface area contributed by atoms with Gasteiger partial charge in [-0.25, -0.2) is 8.42 Å². The van der Waals surface area contributed by atoms with Crippen LogP contribution < -0.4 is 5.73 Å². The van der Waals surface area contributed by atoms with Crippen molar-refractivity contribution in [2.45, 2.75) is 43.2 Å². The number of aromatic nitrogens is 1. The first-order valence-corrected chi connectivity index (χ1v) is 12.3. The Morgan fingerprint density at radius 3 is 2.70 bits per heavy atom. The van der Waals surface area contributed by atoms with E-state index in [4.69, 9.17) is 17.3 Å². The van der Waals surface area contributed by atoms with E-state index in [-0.39, 0.29) is 22.2 Å². The second-order valence-electron chi connectivity index (χ2n) is 8.10. The summed E-state index contributed by atoms with van der Waals surface area (Å²) in [6, 6.07) is 4.96. The van der Waals surface area contributed by atoms with Crippen LogP contribution in [-0.4, -0.2) is 60.7 Å². The summed E-state index contributed by atoms with van der Waals surface area (Å²) >= 11 is 6.27. The first-order chi connectivity index (χ1) is 14.4. The Morgan fingerprint density at radius 1 is 1.17 bits per heavy atom. The highest BCUT2D eigenvalue weighted by molar-refractivity contribution is 7.89. The van der Waals surface area contributed by atoms with Crippen molar-refractivity contribution in [3.8, 4) is 0 Å². The topological polar surface area (TPSA) is 96.6 Å². The van der Waals surface area contributed by atoms with E-state index in [0.29, 0.717) is 23.6 Å². The molecule has 7 nitrogen and oxygen atoms in total. The van der Waals surface area contributed by atoms with Crippen LogP contribution in [0.2, 0.25) is 5.02 Å². The molecule has 0 saturated carbocycles. The van der Waals surface area contributed by atoms with Crippen LogP contribution in [0.3, 0.4) is 0 Å². The van der Waals surface area contributed by atoms with Crippen LogP contribution in [0, 0.1) is 5.92 Å². The number of ketones is 1. The SMILES string of the molecule is N[C@H]1C(C(=O)CCN2CCCCC2)CCN1S(=O)(=O)c1cccc2cncc(Cl)c12. The van der Waals surface area contributed by atoms with E-state index in [1.165, 1.54) is 35.8 Å². The molecule has 2 N–H and O–H groups in total. The molecule has 9 heteroatoms. The van der Waals surface area contributed by atoms with Crippen molar-refractivity contribution in [2.75, 3.05) is 26.2 Å². The van der Waals surface area contributed by atoms with Crippen molar-refractivity contribution in [3.63, 3.8) is 0 Å². The maximum Gasteiger partial charge on any atom is 0.245 e. The van der Waals surface area contributed by atoms with Crippen molar-refractivity contribution in [1.29, 1.82) is 0 Å². The number of rotatable bonds is 6. The zero-order valence-corrected chi connectivity index (χ0v) is 18.4. The average molecular weight is 451 g/mol. The lowest BCUT2D eigenvalue weighted by atomic mass is 9.98. The van der Waals surface area contributed by atoms with Crippen molar-refractivity contribution in [1.82, 2.24) is 14.2 Å². The summed E-state index contributed by atoms with van der Waals surface area (Å²) in [5.41, 5.74) is 6.31. The largest absolute Gasteiger partial charge is 0.314 e. The Kier molecular flexibility index (Phi) is 6.41. The molecule has 2 saturated heterocycles. The number of fused-ring (bicyclic) bond motifs is 1. The van der Waals surface area contributed by atoms with Gasteiger partial charge in [-0.2, -0.15) is 4.31 Å².